The fraction of sp³-hybridized carbons (Fsp3) is 0.167. The average molecular weight is 423 g/mol. The van der Waals surface area contributed by atoms with Gasteiger partial charge >= 0.3 is 6.18 Å². The average Bonchev–Trinajstić information content (AvgIpc) is 2.73. The minimum atomic E-state index is -4.54. The van der Waals surface area contributed by atoms with Crippen LogP contribution >= 0.6 is 0 Å². The number of benzene rings is 3. The Kier molecular flexibility index (Phi) is 6.73. The summed E-state index contributed by atoms with van der Waals surface area (Å²) < 4.78 is 39.2. The highest BCUT2D eigenvalue weighted by Gasteiger charge is 2.33. The van der Waals surface area contributed by atoms with Gasteiger partial charge in [-0.25, -0.2) is 0 Å². The number of nitrogens with zero attached hydrogens (tertiary/aromatic N) is 2. The summed E-state index contributed by atoms with van der Waals surface area (Å²) in [7, 11) is 1.72. The number of nitriles is 1. The number of carbonyl (C=O) groups excluding carboxylic acids is 1. The minimum absolute atomic E-state index is 0.0643. The lowest BCUT2D eigenvalue weighted by molar-refractivity contribution is -0.137. The number of likely N-dealkylation sites (N-methyl/N-ethyl adjacent to an activating group) is 1. The fourth-order valence-electron chi connectivity index (χ4n) is 3.26. The maximum atomic E-state index is 13.1. The highest BCUT2D eigenvalue weighted by atomic mass is 19.4. The lowest BCUT2D eigenvalue weighted by Gasteiger charge is -2.18. The molecule has 1 N–H and O–H groups in total. The molecule has 0 fully saturated rings. The molecule has 3 rings (SSSR count). The van der Waals surface area contributed by atoms with Gasteiger partial charge in [0.05, 0.1) is 29.4 Å². The van der Waals surface area contributed by atoms with Crippen LogP contribution in [-0.2, 0) is 17.5 Å². The highest BCUT2D eigenvalue weighted by molar-refractivity contribution is 5.93. The fourth-order valence-corrected chi connectivity index (χ4v) is 3.26. The SMILES string of the molecule is CN(CC(=O)Nc1ccccc1C(F)(F)F)Cc1ccc(-c2ccccc2C#N)cc1. The Morgan fingerprint density at radius 3 is 2.32 bits per heavy atom. The third-order valence-electron chi connectivity index (χ3n) is 4.69. The van der Waals surface area contributed by atoms with Crippen LogP contribution in [0.2, 0.25) is 0 Å². The standard InChI is InChI=1S/C24H20F3N3O/c1-30(16-23(31)29-22-9-5-4-8-21(22)24(25,26)27)15-17-10-12-18(13-11-17)20-7-3-2-6-19(20)14-28/h2-13H,15-16H2,1H3,(H,29,31). The number of nitrogens with one attached hydrogen (secondary N) is 1. The Labute approximate surface area is 178 Å². The van der Waals surface area contributed by atoms with E-state index in [4.69, 9.17) is 0 Å². The van der Waals surface area contributed by atoms with Gasteiger partial charge in [-0.05, 0) is 41.9 Å². The van der Waals surface area contributed by atoms with E-state index < -0.39 is 17.6 Å². The number of carbonyl (C=O) groups is 1. The third kappa shape index (κ3) is 5.71. The molecule has 4 nitrogen and oxygen atoms in total. The van der Waals surface area contributed by atoms with Gasteiger partial charge in [-0.15, -0.1) is 0 Å². The van der Waals surface area contributed by atoms with E-state index >= 15 is 0 Å². The van der Waals surface area contributed by atoms with Gasteiger partial charge in [-0.2, -0.15) is 18.4 Å². The molecule has 0 bridgehead atoms. The zero-order chi connectivity index (χ0) is 22.4. The van der Waals surface area contributed by atoms with Crippen LogP contribution in [0.15, 0.2) is 72.8 Å². The summed E-state index contributed by atoms with van der Waals surface area (Å²) in [5.74, 6) is -0.529. The second-order valence-electron chi connectivity index (χ2n) is 7.12. The molecule has 0 spiro atoms. The molecule has 3 aromatic carbocycles. The number of hydrogen-bond acceptors (Lipinski definition) is 3. The Morgan fingerprint density at radius 2 is 1.65 bits per heavy atom. The normalized spacial score (nSPS) is 11.2. The number of para-hydroxylation sites is 1. The molecule has 0 aliphatic carbocycles. The molecule has 0 radical (unpaired) electrons. The van der Waals surface area contributed by atoms with Crippen molar-refractivity contribution in [3.8, 4) is 17.2 Å². The summed E-state index contributed by atoms with van der Waals surface area (Å²) in [5, 5.41) is 11.6. The van der Waals surface area contributed by atoms with E-state index in [2.05, 4.69) is 11.4 Å². The molecule has 31 heavy (non-hydrogen) atoms. The van der Waals surface area contributed by atoms with Crippen LogP contribution < -0.4 is 5.32 Å². The van der Waals surface area contributed by atoms with E-state index in [9.17, 15) is 23.2 Å². The van der Waals surface area contributed by atoms with Gasteiger partial charge < -0.3 is 5.32 Å². The Bertz CT molecular complexity index is 1100. The van der Waals surface area contributed by atoms with Crippen molar-refractivity contribution < 1.29 is 18.0 Å². The maximum Gasteiger partial charge on any atom is 0.418 e. The van der Waals surface area contributed by atoms with E-state index in [1.165, 1.54) is 18.2 Å². The number of halogens is 3. The molecule has 0 aliphatic rings. The van der Waals surface area contributed by atoms with Crippen molar-refractivity contribution in [2.24, 2.45) is 0 Å². The van der Waals surface area contributed by atoms with Crippen LogP contribution in [0.4, 0.5) is 18.9 Å². The molecule has 158 valence electrons. The zero-order valence-electron chi connectivity index (χ0n) is 16.8. The van der Waals surface area contributed by atoms with E-state index in [0.717, 1.165) is 22.8 Å². The first-order chi connectivity index (χ1) is 14.8. The molecule has 0 unspecified atom stereocenters. The van der Waals surface area contributed by atoms with Crippen molar-refractivity contribution in [2.45, 2.75) is 12.7 Å². The predicted molar refractivity (Wildman–Crippen MR) is 113 cm³/mol. The van der Waals surface area contributed by atoms with Crippen molar-refractivity contribution in [3.63, 3.8) is 0 Å². The van der Waals surface area contributed by atoms with Crippen molar-refractivity contribution in [2.75, 3.05) is 18.9 Å². The Balaban J connectivity index is 1.62. The lowest BCUT2D eigenvalue weighted by atomic mass is 9.99. The molecular formula is C24H20F3N3O. The molecule has 0 aromatic heterocycles. The topological polar surface area (TPSA) is 56.1 Å². The summed E-state index contributed by atoms with van der Waals surface area (Å²) in [4.78, 5) is 14.0. The molecule has 0 saturated carbocycles. The van der Waals surface area contributed by atoms with Crippen molar-refractivity contribution in [1.29, 1.82) is 5.26 Å². The van der Waals surface area contributed by atoms with Gasteiger partial charge in [0.15, 0.2) is 0 Å². The van der Waals surface area contributed by atoms with Crippen LogP contribution in [0, 0.1) is 11.3 Å². The Hall–Kier alpha value is -3.63. The second kappa shape index (κ2) is 9.45. The second-order valence-corrected chi connectivity index (χ2v) is 7.12. The summed E-state index contributed by atoms with van der Waals surface area (Å²) >= 11 is 0. The van der Waals surface area contributed by atoms with Gasteiger partial charge in [0.1, 0.15) is 0 Å². The molecule has 0 saturated heterocycles. The van der Waals surface area contributed by atoms with E-state index in [0.29, 0.717) is 12.1 Å². The van der Waals surface area contributed by atoms with Gasteiger partial charge in [-0.1, -0.05) is 54.6 Å². The molecule has 0 heterocycles. The number of alkyl halides is 3. The smallest absolute Gasteiger partial charge is 0.324 e. The largest absolute Gasteiger partial charge is 0.418 e. The summed E-state index contributed by atoms with van der Waals surface area (Å²) in [6, 6.07) is 22.0. The van der Waals surface area contributed by atoms with E-state index in [-0.39, 0.29) is 12.2 Å². The third-order valence-corrected chi connectivity index (χ3v) is 4.69. The molecule has 7 heteroatoms. The van der Waals surface area contributed by atoms with Crippen molar-refractivity contribution in [1.82, 2.24) is 4.90 Å². The monoisotopic (exact) mass is 423 g/mol. The van der Waals surface area contributed by atoms with Crippen LogP contribution in [0.1, 0.15) is 16.7 Å². The van der Waals surface area contributed by atoms with Crippen molar-refractivity contribution in [3.05, 3.63) is 89.5 Å². The molecule has 0 atom stereocenters. The first-order valence-electron chi connectivity index (χ1n) is 9.51. The van der Waals surface area contributed by atoms with E-state index in [1.807, 2.05) is 42.5 Å². The first kappa shape index (κ1) is 22.1. The first-order valence-corrected chi connectivity index (χ1v) is 9.51. The van der Waals surface area contributed by atoms with Crippen LogP contribution in [0.3, 0.4) is 0 Å². The van der Waals surface area contributed by atoms with Crippen molar-refractivity contribution >= 4 is 11.6 Å². The Morgan fingerprint density at radius 1 is 1.00 bits per heavy atom. The number of rotatable bonds is 6. The van der Waals surface area contributed by atoms with Crippen LogP contribution in [-0.4, -0.2) is 24.4 Å². The molecule has 3 aromatic rings. The van der Waals surface area contributed by atoms with Gasteiger partial charge in [-0.3, -0.25) is 9.69 Å². The molecule has 1 amide bonds. The summed E-state index contributed by atoms with van der Waals surface area (Å²) in [6.07, 6.45) is -4.54. The molecular weight excluding hydrogens is 403 g/mol. The summed E-state index contributed by atoms with van der Waals surface area (Å²) in [5.41, 5.74) is 2.14. The van der Waals surface area contributed by atoms with E-state index in [1.54, 1.807) is 18.0 Å². The van der Waals surface area contributed by atoms with Crippen LogP contribution in [0.5, 0.6) is 0 Å². The number of hydrogen-bond donors (Lipinski definition) is 1. The summed E-state index contributed by atoms with van der Waals surface area (Å²) in [6.45, 7) is 0.375. The lowest BCUT2D eigenvalue weighted by Crippen LogP contribution is -2.30. The van der Waals surface area contributed by atoms with Gasteiger partial charge in [0.25, 0.3) is 0 Å². The highest BCUT2D eigenvalue weighted by Crippen LogP contribution is 2.34. The maximum absolute atomic E-state index is 13.1. The molecule has 0 aliphatic heterocycles. The predicted octanol–water partition coefficient (Wildman–Crippen LogP) is 5.31. The van der Waals surface area contributed by atoms with Gasteiger partial charge in [0.2, 0.25) is 5.91 Å². The quantitative estimate of drug-likeness (QED) is 0.584. The number of anilines is 1. The zero-order valence-corrected chi connectivity index (χ0v) is 16.8. The van der Waals surface area contributed by atoms with Gasteiger partial charge in [0, 0.05) is 6.54 Å². The number of amides is 1. The van der Waals surface area contributed by atoms with Crippen LogP contribution in [0.25, 0.3) is 11.1 Å². The minimum Gasteiger partial charge on any atom is -0.324 e.